The van der Waals surface area contributed by atoms with Crippen LogP contribution in [0.1, 0.15) is 31.9 Å². The first-order valence-electron chi connectivity index (χ1n) is 6.23. The van der Waals surface area contributed by atoms with Gasteiger partial charge >= 0.3 is 6.01 Å². The van der Waals surface area contributed by atoms with E-state index in [1.165, 1.54) is 12.4 Å². The van der Waals surface area contributed by atoms with Gasteiger partial charge in [0.15, 0.2) is 0 Å². The molecule has 0 amide bonds. The van der Waals surface area contributed by atoms with Crippen LogP contribution in [0.3, 0.4) is 0 Å². The summed E-state index contributed by atoms with van der Waals surface area (Å²) in [6, 6.07) is 6.48. The molecule has 2 rings (SSSR count). The van der Waals surface area contributed by atoms with Crippen LogP contribution in [0.2, 0.25) is 0 Å². The monoisotopic (exact) mass is 257 g/mol. The smallest absolute Gasteiger partial charge is 0.322 e. The first-order chi connectivity index (χ1) is 8.86. The topological polar surface area (TPSA) is 61.0 Å². The third kappa shape index (κ3) is 3.22. The van der Waals surface area contributed by atoms with E-state index in [1.54, 1.807) is 0 Å². The summed E-state index contributed by atoms with van der Waals surface area (Å²) in [7, 11) is 0. The number of anilines is 1. The average Bonchev–Trinajstić information content (AvgIpc) is 2.30. The molecule has 0 bridgehead atoms. The molecule has 1 heterocycles. The third-order valence-corrected chi connectivity index (χ3v) is 2.79. The lowest BCUT2D eigenvalue weighted by molar-refractivity contribution is 0.422. The third-order valence-electron chi connectivity index (χ3n) is 2.79. The van der Waals surface area contributed by atoms with E-state index in [2.05, 4.69) is 42.9 Å². The highest BCUT2D eigenvalue weighted by Gasteiger charge is 2.19. The number of nitrogens with two attached hydrogens (primary N) is 1. The van der Waals surface area contributed by atoms with Crippen LogP contribution < -0.4 is 10.5 Å². The molecule has 0 radical (unpaired) electrons. The lowest BCUT2D eigenvalue weighted by atomic mass is 9.86. The summed E-state index contributed by atoms with van der Waals surface area (Å²) < 4.78 is 5.79. The van der Waals surface area contributed by atoms with Gasteiger partial charge in [-0.2, -0.15) is 0 Å². The Labute approximate surface area is 113 Å². The summed E-state index contributed by atoms with van der Waals surface area (Å²) in [5.41, 5.74) is 8.34. The largest absolute Gasteiger partial charge is 0.424 e. The van der Waals surface area contributed by atoms with Gasteiger partial charge in [0, 0.05) is 5.56 Å². The Morgan fingerprint density at radius 3 is 2.32 bits per heavy atom. The lowest BCUT2D eigenvalue weighted by Crippen LogP contribution is -2.13. The Balaban J connectivity index is 2.38. The quantitative estimate of drug-likeness (QED) is 0.895. The van der Waals surface area contributed by atoms with E-state index >= 15 is 0 Å². The predicted molar refractivity (Wildman–Crippen MR) is 76.4 cm³/mol. The molecule has 1 aromatic heterocycles. The molecule has 0 saturated heterocycles. The van der Waals surface area contributed by atoms with E-state index < -0.39 is 0 Å². The van der Waals surface area contributed by atoms with Gasteiger partial charge in [-0.3, -0.25) is 0 Å². The molecular formula is C15H19N3O. The first kappa shape index (κ1) is 13.3. The minimum Gasteiger partial charge on any atom is -0.424 e. The number of hydrogen-bond acceptors (Lipinski definition) is 4. The van der Waals surface area contributed by atoms with Crippen molar-refractivity contribution >= 4 is 5.69 Å². The number of aromatic nitrogens is 2. The molecule has 0 unspecified atom stereocenters. The van der Waals surface area contributed by atoms with Crippen molar-refractivity contribution in [3.8, 4) is 11.8 Å². The van der Waals surface area contributed by atoms with Crippen LogP contribution in [0, 0.1) is 6.92 Å². The molecule has 0 spiro atoms. The molecule has 0 saturated carbocycles. The maximum absolute atomic E-state index is 5.79. The number of aryl methyl sites for hydroxylation is 1. The fraction of sp³-hybridized carbons (Fsp3) is 0.333. The average molecular weight is 257 g/mol. The SMILES string of the molecule is Cc1ccc(C(C)(C)C)c(Oc2ncc(N)cn2)c1. The predicted octanol–water partition coefficient (Wildman–Crippen LogP) is 3.46. The minimum absolute atomic E-state index is 0.00313. The van der Waals surface area contributed by atoms with Crippen molar-refractivity contribution in [2.75, 3.05) is 5.73 Å². The number of rotatable bonds is 2. The van der Waals surface area contributed by atoms with Crippen molar-refractivity contribution in [3.05, 3.63) is 41.7 Å². The number of benzene rings is 1. The summed E-state index contributed by atoms with van der Waals surface area (Å²) in [5.74, 6) is 0.789. The van der Waals surface area contributed by atoms with E-state index in [9.17, 15) is 0 Å². The zero-order valence-corrected chi connectivity index (χ0v) is 11.8. The van der Waals surface area contributed by atoms with Gasteiger partial charge in [-0.25, -0.2) is 9.97 Å². The maximum atomic E-state index is 5.79. The number of ether oxygens (including phenoxy) is 1. The van der Waals surface area contributed by atoms with Crippen molar-refractivity contribution in [1.29, 1.82) is 0 Å². The van der Waals surface area contributed by atoms with E-state index in [-0.39, 0.29) is 5.41 Å². The van der Waals surface area contributed by atoms with Gasteiger partial charge in [-0.05, 0) is 24.0 Å². The highest BCUT2D eigenvalue weighted by Crippen LogP contribution is 2.33. The molecular weight excluding hydrogens is 238 g/mol. The van der Waals surface area contributed by atoms with E-state index in [0.29, 0.717) is 11.7 Å². The fourth-order valence-electron chi connectivity index (χ4n) is 1.81. The molecule has 4 heteroatoms. The van der Waals surface area contributed by atoms with Gasteiger partial charge in [0.2, 0.25) is 0 Å². The van der Waals surface area contributed by atoms with Crippen molar-refractivity contribution in [3.63, 3.8) is 0 Å². The Hall–Kier alpha value is -2.10. The molecule has 0 aliphatic carbocycles. The second kappa shape index (κ2) is 4.88. The van der Waals surface area contributed by atoms with Crippen LogP contribution in [0.5, 0.6) is 11.8 Å². The number of nitrogens with zero attached hydrogens (tertiary/aromatic N) is 2. The van der Waals surface area contributed by atoms with Crippen LogP contribution in [0.15, 0.2) is 30.6 Å². The van der Waals surface area contributed by atoms with Gasteiger partial charge in [-0.15, -0.1) is 0 Å². The number of hydrogen-bond donors (Lipinski definition) is 1. The molecule has 0 fully saturated rings. The molecule has 4 nitrogen and oxygen atoms in total. The van der Waals surface area contributed by atoms with E-state index in [4.69, 9.17) is 10.5 Å². The van der Waals surface area contributed by atoms with Crippen LogP contribution in [0.25, 0.3) is 0 Å². The Morgan fingerprint density at radius 2 is 1.74 bits per heavy atom. The van der Waals surface area contributed by atoms with Crippen molar-refractivity contribution in [2.45, 2.75) is 33.1 Å². The number of nitrogen functional groups attached to an aromatic ring is 1. The maximum Gasteiger partial charge on any atom is 0.322 e. The molecule has 1 aromatic carbocycles. The van der Waals surface area contributed by atoms with Crippen LogP contribution in [-0.4, -0.2) is 9.97 Å². The Bertz CT molecular complexity index is 571. The van der Waals surface area contributed by atoms with E-state index in [0.717, 1.165) is 16.9 Å². The first-order valence-corrected chi connectivity index (χ1v) is 6.23. The molecule has 0 aliphatic heterocycles. The van der Waals surface area contributed by atoms with Gasteiger partial charge in [0.25, 0.3) is 0 Å². The van der Waals surface area contributed by atoms with Crippen molar-refractivity contribution < 1.29 is 4.74 Å². The minimum atomic E-state index is -0.00313. The van der Waals surface area contributed by atoms with Gasteiger partial charge in [-0.1, -0.05) is 32.9 Å². The van der Waals surface area contributed by atoms with Gasteiger partial charge in [0.05, 0.1) is 18.1 Å². The zero-order valence-electron chi connectivity index (χ0n) is 11.8. The molecule has 2 aromatic rings. The summed E-state index contributed by atoms with van der Waals surface area (Å²) in [6.45, 7) is 8.47. The summed E-state index contributed by atoms with van der Waals surface area (Å²) in [6.07, 6.45) is 3.07. The summed E-state index contributed by atoms with van der Waals surface area (Å²) in [4.78, 5) is 8.14. The second-order valence-corrected chi connectivity index (χ2v) is 5.65. The highest BCUT2D eigenvalue weighted by atomic mass is 16.5. The Kier molecular flexibility index (Phi) is 3.42. The van der Waals surface area contributed by atoms with Crippen LogP contribution in [-0.2, 0) is 5.41 Å². The van der Waals surface area contributed by atoms with Crippen molar-refractivity contribution in [2.24, 2.45) is 0 Å². The molecule has 0 aliphatic rings. The lowest BCUT2D eigenvalue weighted by Gasteiger charge is -2.22. The fourth-order valence-corrected chi connectivity index (χ4v) is 1.81. The highest BCUT2D eigenvalue weighted by molar-refractivity contribution is 5.42. The molecule has 100 valence electrons. The van der Waals surface area contributed by atoms with Gasteiger partial charge < -0.3 is 10.5 Å². The van der Waals surface area contributed by atoms with E-state index in [1.807, 2.05) is 13.0 Å². The second-order valence-electron chi connectivity index (χ2n) is 5.65. The standard InChI is InChI=1S/C15H19N3O/c1-10-5-6-12(15(2,3)4)13(7-10)19-14-17-8-11(16)9-18-14/h5-9H,16H2,1-4H3. The van der Waals surface area contributed by atoms with Crippen molar-refractivity contribution in [1.82, 2.24) is 9.97 Å². The molecule has 19 heavy (non-hydrogen) atoms. The zero-order chi connectivity index (χ0) is 14.0. The Morgan fingerprint density at radius 1 is 1.11 bits per heavy atom. The van der Waals surface area contributed by atoms with Crippen LogP contribution in [0.4, 0.5) is 5.69 Å². The molecule has 2 N–H and O–H groups in total. The molecule has 0 atom stereocenters. The van der Waals surface area contributed by atoms with Gasteiger partial charge in [0.1, 0.15) is 5.75 Å². The van der Waals surface area contributed by atoms with Crippen LogP contribution >= 0.6 is 0 Å². The normalized spacial score (nSPS) is 11.4. The summed E-state index contributed by atoms with van der Waals surface area (Å²) >= 11 is 0. The summed E-state index contributed by atoms with van der Waals surface area (Å²) in [5, 5.41) is 0.